The lowest BCUT2D eigenvalue weighted by Gasteiger charge is -2.23. The number of carboxylic acid groups (broad SMARTS) is 1. The van der Waals surface area contributed by atoms with Gasteiger partial charge in [-0.2, -0.15) is 18.2 Å². The highest BCUT2D eigenvalue weighted by Gasteiger charge is 2.31. The van der Waals surface area contributed by atoms with Crippen LogP contribution < -0.4 is 10.1 Å². The second kappa shape index (κ2) is 9.40. The molecule has 0 amide bonds. The normalized spacial score (nSPS) is 13.1. The minimum absolute atomic E-state index is 0.172. The highest BCUT2D eigenvalue weighted by atomic mass is 35.5. The Balaban J connectivity index is 1.75. The molecule has 0 bridgehead atoms. The van der Waals surface area contributed by atoms with Crippen LogP contribution >= 0.6 is 11.6 Å². The summed E-state index contributed by atoms with van der Waals surface area (Å²) in [4.78, 5) is 15.5. The zero-order valence-corrected chi connectivity index (χ0v) is 18.7. The number of ether oxygens (including phenoxy) is 1. The molecule has 1 heterocycles. The molecule has 2 N–H and O–H groups in total. The third kappa shape index (κ3) is 5.82. The van der Waals surface area contributed by atoms with Crippen molar-refractivity contribution >= 4 is 17.6 Å². The van der Waals surface area contributed by atoms with Crippen molar-refractivity contribution in [3.05, 3.63) is 64.5 Å². The summed E-state index contributed by atoms with van der Waals surface area (Å²) in [5.74, 6) is -0.458. The van der Waals surface area contributed by atoms with Crippen LogP contribution in [-0.4, -0.2) is 33.9 Å². The maximum Gasteiger partial charge on any atom is 0.416 e. The van der Waals surface area contributed by atoms with E-state index >= 15 is 0 Å². The zero-order valence-electron chi connectivity index (χ0n) is 17.9. The van der Waals surface area contributed by atoms with E-state index in [1.807, 2.05) is 0 Å². The maximum absolute atomic E-state index is 12.7. The van der Waals surface area contributed by atoms with Crippen LogP contribution in [-0.2, 0) is 17.4 Å². The number of alkyl halides is 3. The summed E-state index contributed by atoms with van der Waals surface area (Å²) in [5, 5.41) is 16.4. The van der Waals surface area contributed by atoms with Gasteiger partial charge in [0.25, 0.3) is 0 Å². The largest absolute Gasteiger partial charge is 0.478 e. The van der Waals surface area contributed by atoms with E-state index in [4.69, 9.17) is 20.9 Å². The van der Waals surface area contributed by atoms with Crippen molar-refractivity contribution < 1.29 is 32.3 Å². The van der Waals surface area contributed by atoms with Crippen LogP contribution in [0, 0.1) is 0 Å². The number of nitrogens with zero attached hydrogens (tertiary/aromatic N) is 2. The van der Waals surface area contributed by atoms with Crippen LogP contribution in [0.2, 0.25) is 5.02 Å². The molecule has 0 aliphatic carbocycles. The quantitative estimate of drug-likeness (QED) is 0.457. The molecule has 3 aromatic rings. The van der Waals surface area contributed by atoms with Crippen molar-refractivity contribution in [2.24, 2.45) is 0 Å². The molecule has 176 valence electrons. The van der Waals surface area contributed by atoms with Gasteiger partial charge >= 0.3 is 12.1 Å². The number of aromatic nitrogens is 2. The summed E-state index contributed by atoms with van der Waals surface area (Å²) < 4.78 is 49.0. The first-order chi connectivity index (χ1) is 15.4. The molecule has 0 radical (unpaired) electrons. The fourth-order valence-electron chi connectivity index (χ4n) is 2.96. The van der Waals surface area contributed by atoms with Gasteiger partial charge < -0.3 is 19.7 Å². The van der Waals surface area contributed by atoms with Crippen molar-refractivity contribution in [2.75, 3.05) is 7.05 Å². The van der Waals surface area contributed by atoms with Crippen molar-refractivity contribution in [1.82, 2.24) is 15.5 Å². The molecule has 0 saturated heterocycles. The highest BCUT2D eigenvalue weighted by molar-refractivity contribution is 6.32. The van der Waals surface area contributed by atoms with Crippen molar-refractivity contribution in [3.8, 4) is 17.1 Å². The van der Waals surface area contributed by atoms with E-state index in [1.54, 1.807) is 25.2 Å². The summed E-state index contributed by atoms with van der Waals surface area (Å²) >= 11 is 6.30. The van der Waals surface area contributed by atoms with Crippen LogP contribution in [0.4, 0.5) is 13.2 Å². The van der Waals surface area contributed by atoms with E-state index in [0.29, 0.717) is 5.56 Å². The molecule has 0 spiro atoms. The monoisotopic (exact) mass is 483 g/mol. The topological polar surface area (TPSA) is 97.5 Å². The highest BCUT2D eigenvalue weighted by Crippen LogP contribution is 2.32. The number of nitrogens with one attached hydrogen (secondary N) is 1. The fraction of sp³-hybridized carbons (Fsp3) is 0.318. The number of likely N-dealkylation sites (N-methyl/N-ethyl adjacent to an activating group) is 1. The number of halogens is 4. The number of benzene rings is 2. The van der Waals surface area contributed by atoms with Crippen molar-refractivity contribution in [1.29, 1.82) is 0 Å². The molecule has 1 atom stereocenters. The van der Waals surface area contributed by atoms with Crippen LogP contribution in [0.15, 0.2) is 47.0 Å². The van der Waals surface area contributed by atoms with E-state index in [2.05, 4.69) is 15.5 Å². The smallest absolute Gasteiger partial charge is 0.416 e. The molecule has 0 aliphatic rings. The average molecular weight is 484 g/mol. The lowest BCUT2D eigenvalue weighted by molar-refractivity contribution is -0.152. The van der Waals surface area contributed by atoms with E-state index in [1.165, 1.54) is 26.0 Å². The SMILES string of the molecule is CNC(Cc1nc(-c2ccc(C(F)(F)F)cc2)no1)c1ccc(OC(C)(C)C(=O)O)c(Cl)c1. The Morgan fingerprint density at radius 3 is 2.42 bits per heavy atom. The Kier molecular flexibility index (Phi) is 6.99. The predicted octanol–water partition coefficient (Wildman–Crippen LogP) is 5.15. The van der Waals surface area contributed by atoms with Gasteiger partial charge in [-0.25, -0.2) is 4.79 Å². The van der Waals surface area contributed by atoms with E-state index in [0.717, 1.165) is 17.7 Å². The van der Waals surface area contributed by atoms with Gasteiger partial charge in [0, 0.05) is 18.0 Å². The molecular formula is C22H21ClF3N3O4. The van der Waals surface area contributed by atoms with Gasteiger partial charge in [-0.1, -0.05) is 35.0 Å². The molecule has 11 heteroatoms. The molecule has 0 saturated carbocycles. The zero-order chi connectivity index (χ0) is 24.4. The van der Waals surface area contributed by atoms with Crippen LogP contribution in [0.25, 0.3) is 11.4 Å². The first kappa shape index (κ1) is 24.5. The molecular weight excluding hydrogens is 463 g/mol. The lowest BCUT2D eigenvalue weighted by Crippen LogP contribution is -2.38. The van der Waals surface area contributed by atoms with E-state index in [9.17, 15) is 23.1 Å². The third-order valence-electron chi connectivity index (χ3n) is 4.90. The Labute approximate surface area is 192 Å². The maximum atomic E-state index is 12.7. The molecule has 1 aromatic heterocycles. The fourth-order valence-corrected chi connectivity index (χ4v) is 3.19. The van der Waals surface area contributed by atoms with Crippen molar-refractivity contribution in [3.63, 3.8) is 0 Å². The summed E-state index contributed by atoms with van der Waals surface area (Å²) in [7, 11) is 1.73. The van der Waals surface area contributed by atoms with E-state index in [-0.39, 0.29) is 34.9 Å². The van der Waals surface area contributed by atoms with Gasteiger partial charge in [-0.3, -0.25) is 0 Å². The molecule has 0 aliphatic heterocycles. The van der Waals surface area contributed by atoms with Gasteiger partial charge in [-0.05, 0) is 50.7 Å². The summed E-state index contributed by atoms with van der Waals surface area (Å²) in [6.45, 7) is 2.83. The second-order valence-electron chi connectivity index (χ2n) is 7.74. The Bertz CT molecular complexity index is 1130. The third-order valence-corrected chi connectivity index (χ3v) is 5.20. The lowest BCUT2D eigenvalue weighted by atomic mass is 10.0. The summed E-state index contributed by atoms with van der Waals surface area (Å²) in [6.07, 6.45) is -4.15. The number of aliphatic carboxylic acids is 1. The molecule has 1 unspecified atom stereocenters. The minimum atomic E-state index is -4.42. The minimum Gasteiger partial charge on any atom is -0.478 e. The first-order valence-corrected chi connectivity index (χ1v) is 10.2. The van der Waals surface area contributed by atoms with Gasteiger partial charge in [0.15, 0.2) is 5.60 Å². The Hall–Kier alpha value is -3.11. The summed E-state index contributed by atoms with van der Waals surface area (Å²) in [5.41, 5.74) is -1.06. The van der Waals surface area contributed by atoms with Crippen LogP contribution in [0.3, 0.4) is 0 Å². The molecule has 0 fully saturated rings. The summed E-state index contributed by atoms with van der Waals surface area (Å²) in [6, 6.07) is 9.14. The standard InChI is InChI=1S/C22H21ClF3N3O4/c1-21(2,20(30)31)32-17-9-6-13(10-15(17)23)16(27-3)11-18-28-19(29-33-18)12-4-7-14(8-5-12)22(24,25)26/h4-10,16,27H,11H2,1-3H3,(H,30,31). The second-order valence-corrected chi connectivity index (χ2v) is 8.15. The Morgan fingerprint density at radius 2 is 1.88 bits per heavy atom. The number of hydrogen-bond acceptors (Lipinski definition) is 6. The number of carbonyl (C=O) groups is 1. The van der Waals surface area contributed by atoms with Gasteiger partial charge in [-0.15, -0.1) is 0 Å². The molecule has 3 rings (SSSR count). The van der Waals surface area contributed by atoms with E-state index < -0.39 is 23.3 Å². The van der Waals surface area contributed by atoms with Gasteiger partial charge in [0.2, 0.25) is 11.7 Å². The molecule has 7 nitrogen and oxygen atoms in total. The Morgan fingerprint density at radius 1 is 1.21 bits per heavy atom. The number of hydrogen-bond donors (Lipinski definition) is 2. The molecule has 2 aromatic carbocycles. The molecule has 33 heavy (non-hydrogen) atoms. The van der Waals surface area contributed by atoms with Gasteiger partial charge in [0.1, 0.15) is 5.75 Å². The van der Waals surface area contributed by atoms with Crippen LogP contribution in [0.1, 0.15) is 36.9 Å². The van der Waals surface area contributed by atoms with Crippen molar-refractivity contribution in [2.45, 2.75) is 38.1 Å². The van der Waals surface area contributed by atoms with Gasteiger partial charge in [0.05, 0.1) is 10.6 Å². The van der Waals surface area contributed by atoms with Crippen LogP contribution in [0.5, 0.6) is 5.75 Å². The average Bonchev–Trinajstić information content (AvgIpc) is 3.21. The number of rotatable bonds is 8. The first-order valence-electron chi connectivity index (χ1n) is 9.80. The predicted molar refractivity (Wildman–Crippen MR) is 114 cm³/mol. The number of carboxylic acids is 1.